The standard InChI is InChI=1S/C9H20O4/c1-7(11)9(13)8(12)5-3-2-4-6-10/h7-13H,2-6H2,1H3. The van der Waals surface area contributed by atoms with Crippen molar-refractivity contribution in [1.29, 1.82) is 0 Å². The zero-order valence-corrected chi connectivity index (χ0v) is 8.06. The molecule has 0 radical (unpaired) electrons. The Morgan fingerprint density at radius 2 is 1.62 bits per heavy atom. The maximum absolute atomic E-state index is 9.31. The second kappa shape index (κ2) is 7.26. The minimum atomic E-state index is -1.06. The van der Waals surface area contributed by atoms with Gasteiger partial charge in [-0.25, -0.2) is 0 Å². The molecule has 0 fully saturated rings. The first kappa shape index (κ1) is 12.8. The highest BCUT2D eigenvalue weighted by atomic mass is 16.4. The Kier molecular flexibility index (Phi) is 7.17. The lowest BCUT2D eigenvalue weighted by Gasteiger charge is -2.19. The first-order valence-electron chi connectivity index (χ1n) is 4.74. The lowest BCUT2D eigenvalue weighted by molar-refractivity contribution is -0.0550. The van der Waals surface area contributed by atoms with E-state index in [1.165, 1.54) is 6.92 Å². The molecule has 13 heavy (non-hydrogen) atoms. The molecule has 80 valence electrons. The van der Waals surface area contributed by atoms with Crippen LogP contribution in [0.25, 0.3) is 0 Å². The van der Waals surface area contributed by atoms with E-state index >= 15 is 0 Å². The van der Waals surface area contributed by atoms with Crippen molar-refractivity contribution in [3.8, 4) is 0 Å². The summed E-state index contributed by atoms with van der Waals surface area (Å²) in [4.78, 5) is 0. The van der Waals surface area contributed by atoms with Crippen LogP contribution in [0.5, 0.6) is 0 Å². The summed E-state index contributed by atoms with van der Waals surface area (Å²) < 4.78 is 0. The number of aliphatic hydroxyl groups excluding tert-OH is 4. The molecule has 3 atom stereocenters. The molecule has 0 aliphatic rings. The largest absolute Gasteiger partial charge is 0.396 e. The molecule has 0 rings (SSSR count). The van der Waals surface area contributed by atoms with Gasteiger partial charge in [-0.2, -0.15) is 0 Å². The van der Waals surface area contributed by atoms with E-state index in [2.05, 4.69) is 0 Å². The highest BCUT2D eigenvalue weighted by molar-refractivity contribution is 4.71. The van der Waals surface area contributed by atoms with Gasteiger partial charge in [0.15, 0.2) is 0 Å². The fraction of sp³-hybridized carbons (Fsp3) is 1.00. The van der Waals surface area contributed by atoms with Crippen LogP contribution in [0.4, 0.5) is 0 Å². The molecule has 4 nitrogen and oxygen atoms in total. The maximum atomic E-state index is 9.31. The summed E-state index contributed by atoms with van der Waals surface area (Å²) in [6.45, 7) is 1.61. The predicted octanol–water partition coefficient (Wildman–Crippen LogP) is -0.358. The molecule has 0 aliphatic heterocycles. The molecule has 0 saturated carbocycles. The second-order valence-electron chi connectivity index (χ2n) is 3.37. The minimum absolute atomic E-state index is 0.162. The summed E-state index contributed by atoms with van der Waals surface area (Å²) in [6, 6.07) is 0. The highest BCUT2D eigenvalue weighted by Gasteiger charge is 2.20. The van der Waals surface area contributed by atoms with Gasteiger partial charge in [-0.05, 0) is 19.8 Å². The van der Waals surface area contributed by atoms with Crippen molar-refractivity contribution in [2.45, 2.75) is 50.9 Å². The molecule has 0 bridgehead atoms. The Hall–Kier alpha value is -0.160. The van der Waals surface area contributed by atoms with Crippen molar-refractivity contribution in [1.82, 2.24) is 0 Å². The predicted molar refractivity (Wildman–Crippen MR) is 49.2 cm³/mol. The minimum Gasteiger partial charge on any atom is -0.396 e. The van der Waals surface area contributed by atoms with Crippen LogP contribution in [-0.4, -0.2) is 45.3 Å². The summed E-state index contributed by atoms with van der Waals surface area (Å²) in [5.41, 5.74) is 0. The van der Waals surface area contributed by atoms with E-state index in [4.69, 9.17) is 10.2 Å². The monoisotopic (exact) mass is 192 g/mol. The van der Waals surface area contributed by atoms with Gasteiger partial charge in [0.05, 0.1) is 12.2 Å². The summed E-state index contributed by atoms with van der Waals surface area (Å²) in [7, 11) is 0. The number of unbranched alkanes of at least 4 members (excludes halogenated alkanes) is 2. The van der Waals surface area contributed by atoms with Crippen molar-refractivity contribution in [3.63, 3.8) is 0 Å². The molecule has 0 aromatic rings. The van der Waals surface area contributed by atoms with Crippen LogP contribution in [0, 0.1) is 0 Å². The number of hydrogen-bond donors (Lipinski definition) is 4. The van der Waals surface area contributed by atoms with E-state index in [-0.39, 0.29) is 6.61 Å². The smallest absolute Gasteiger partial charge is 0.105 e. The molecule has 4 N–H and O–H groups in total. The summed E-state index contributed by atoms with van der Waals surface area (Å²) in [5, 5.41) is 35.9. The topological polar surface area (TPSA) is 80.9 Å². The lowest BCUT2D eigenvalue weighted by atomic mass is 10.0. The van der Waals surface area contributed by atoms with Gasteiger partial charge in [0.25, 0.3) is 0 Å². The molecule has 0 aliphatic carbocycles. The van der Waals surface area contributed by atoms with E-state index in [1.807, 2.05) is 0 Å². The van der Waals surface area contributed by atoms with Crippen LogP contribution in [0.3, 0.4) is 0 Å². The SMILES string of the molecule is CC(O)C(O)C(O)CCCCCO. The number of rotatable bonds is 7. The van der Waals surface area contributed by atoms with Crippen LogP contribution >= 0.6 is 0 Å². The molecule has 3 unspecified atom stereocenters. The fourth-order valence-corrected chi connectivity index (χ4v) is 1.13. The van der Waals surface area contributed by atoms with Crippen molar-refractivity contribution >= 4 is 0 Å². The third-order valence-corrected chi connectivity index (χ3v) is 2.05. The van der Waals surface area contributed by atoms with Crippen LogP contribution in [0.15, 0.2) is 0 Å². The Morgan fingerprint density at radius 3 is 2.08 bits per heavy atom. The Labute approximate surface area is 78.8 Å². The Morgan fingerprint density at radius 1 is 1.00 bits per heavy atom. The molecule has 0 saturated heterocycles. The van der Waals surface area contributed by atoms with Gasteiger partial charge < -0.3 is 20.4 Å². The molecule has 0 spiro atoms. The molecule has 0 aromatic heterocycles. The average molecular weight is 192 g/mol. The van der Waals surface area contributed by atoms with E-state index in [9.17, 15) is 10.2 Å². The number of hydrogen-bond acceptors (Lipinski definition) is 4. The lowest BCUT2D eigenvalue weighted by Crippen LogP contribution is -2.35. The molecule has 0 aromatic carbocycles. The molecule has 0 amide bonds. The quantitative estimate of drug-likeness (QED) is 0.415. The van der Waals surface area contributed by atoms with Gasteiger partial charge in [0.1, 0.15) is 6.10 Å². The van der Waals surface area contributed by atoms with Crippen molar-refractivity contribution in [2.75, 3.05) is 6.61 Å². The van der Waals surface area contributed by atoms with E-state index in [0.29, 0.717) is 6.42 Å². The van der Waals surface area contributed by atoms with Gasteiger partial charge in [0.2, 0.25) is 0 Å². The normalized spacial score (nSPS) is 18.2. The van der Waals surface area contributed by atoms with Crippen LogP contribution in [0.1, 0.15) is 32.6 Å². The Balaban J connectivity index is 3.44. The zero-order chi connectivity index (χ0) is 10.3. The van der Waals surface area contributed by atoms with Gasteiger partial charge in [-0.1, -0.05) is 12.8 Å². The first-order valence-corrected chi connectivity index (χ1v) is 4.74. The Bertz CT molecular complexity index is 116. The maximum Gasteiger partial charge on any atom is 0.105 e. The van der Waals surface area contributed by atoms with Crippen molar-refractivity contribution < 1.29 is 20.4 Å². The third kappa shape index (κ3) is 5.99. The highest BCUT2D eigenvalue weighted by Crippen LogP contribution is 2.09. The van der Waals surface area contributed by atoms with Gasteiger partial charge >= 0.3 is 0 Å². The summed E-state index contributed by atoms with van der Waals surface area (Å²) in [5.74, 6) is 0. The van der Waals surface area contributed by atoms with Crippen LogP contribution in [-0.2, 0) is 0 Å². The third-order valence-electron chi connectivity index (χ3n) is 2.05. The van der Waals surface area contributed by atoms with Crippen molar-refractivity contribution in [2.24, 2.45) is 0 Å². The van der Waals surface area contributed by atoms with E-state index < -0.39 is 18.3 Å². The molecular weight excluding hydrogens is 172 g/mol. The van der Waals surface area contributed by atoms with Crippen molar-refractivity contribution in [3.05, 3.63) is 0 Å². The molecular formula is C9H20O4. The molecule has 0 heterocycles. The zero-order valence-electron chi connectivity index (χ0n) is 8.06. The fourth-order valence-electron chi connectivity index (χ4n) is 1.13. The number of aliphatic hydroxyl groups is 4. The van der Waals surface area contributed by atoms with E-state index in [0.717, 1.165) is 19.3 Å². The molecule has 4 heteroatoms. The average Bonchev–Trinajstić information content (AvgIpc) is 2.10. The summed E-state index contributed by atoms with van der Waals surface area (Å²) in [6.07, 6.45) is -0.0459. The second-order valence-corrected chi connectivity index (χ2v) is 3.37. The van der Waals surface area contributed by atoms with E-state index in [1.54, 1.807) is 0 Å². The van der Waals surface area contributed by atoms with Gasteiger partial charge in [0, 0.05) is 6.61 Å². The van der Waals surface area contributed by atoms with Crippen LogP contribution < -0.4 is 0 Å². The van der Waals surface area contributed by atoms with Crippen LogP contribution in [0.2, 0.25) is 0 Å². The summed E-state index contributed by atoms with van der Waals surface area (Å²) >= 11 is 0. The van der Waals surface area contributed by atoms with Gasteiger partial charge in [-0.3, -0.25) is 0 Å². The van der Waals surface area contributed by atoms with Gasteiger partial charge in [-0.15, -0.1) is 0 Å². The first-order chi connectivity index (χ1) is 6.09.